The van der Waals surface area contributed by atoms with Gasteiger partial charge in [-0.25, -0.2) is 4.99 Å². The molecule has 0 saturated heterocycles. The predicted octanol–water partition coefficient (Wildman–Crippen LogP) is 4.14. The van der Waals surface area contributed by atoms with Crippen molar-refractivity contribution in [3.63, 3.8) is 0 Å². The van der Waals surface area contributed by atoms with Crippen molar-refractivity contribution in [1.82, 2.24) is 0 Å². The lowest BCUT2D eigenvalue weighted by molar-refractivity contribution is 0.520. The molecule has 0 spiro atoms. The lowest BCUT2D eigenvalue weighted by Crippen LogP contribution is -1.98. The highest BCUT2D eigenvalue weighted by Gasteiger charge is 2.07. The Morgan fingerprint density at radius 2 is 2.12 bits per heavy atom. The molecule has 0 atom stereocenters. The maximum atomic E-state index is 5.63. The highest BCUT2D eigenvalue weighted by Crippen LogP contribution is 2.21. The van der Waals surface area contributed by atoms with Crippen LogP contribution in [0, 0.1) is 6.92 Å². The third-order valence-corrected chi connectivity index (χ3v) is 2.69. The average Bonchev–Trinajstić information content (AvgIpc) is 2.29. The molecule has 1 rings (SSSR count). The number of allylic oxidation sites excluding steroid dienone is 1. The van der Waals surface area contributed by atoms with E-state index in [1.54, 1.807) is 7.05 Å². The third kappa shape index (κ3) is 3.49. The minimum atomic E-state index is 0.496. The Morgan fingerprint density at radius 1 is 1.44 bits per heavy atom. The van der Waals surface area contributed by atoms with Crippen LogP contribution >= 0.6 is 15.9 Å². The van der Waals surface area contributed by atoms with Crippen LogP contribution in [-0.2, 0) is 4.74 Å². The van der Waals surface area contributed by atoms with Crippen molar-refractivity contribution >= 4 is 26.5 Å². The summed E-state index contributed by atoms with van der Waals surface area (Å²) in [7, 11) is 1.69. The summed E-state index contributed by atoms with van der Waals surface area (Å²) in [5.41, 5.74) is 2.29. The van der Waals surface area contributed by atoms with Gasteiger partial charge in [-0.1, -0.05) is 31.2 Å². The Kier molecular flexibility index (Phi) is 5.26. The van der Waals surface area contributed by atoms with Crippen molar-refractivity contribution in [1.29, 1.82) is 0 Å². The second-order valence-corrected chi connectivity index (χ2v) is 4.05. The van der Waals surface area contributed by atoms with Crippen molar-refractivity contribution in [3.05, 3.63) is 41.5 Å². The predicted molar refractivity (Wildman–Crippen MR) is 72.8 cm³/mol. The molecule has 0 aromatic heterocycles. The van der Waals surface area contributed by atoms with Crippen LogP contribution in [0.5, 0.6) is 0 Å². The molecule has 0 amide bonds. The molecule has 0 radical (unpaired) electrons. The van der Waals surface area contributed by atoms with Gasteiger partial charge < -0.3 is 4.74 Å². The molecular weight excluding hydrogens is 266 g/mol. The molecule has 2 nitrogen and oxygen atoms in total. The van der Waals surface area contributed by atoms with Gasteiger partial charge in [0.2, 0.25) is 0 Å². The smallest absolute Gasteiger partial charge is 0.259 e. The van der Waals surface area contributed by atoms with Crippen LogP contribution in [-0.4, -0.2) is 11.9 Å². The van der Waals surface area contributed by atoms with Gasteiger partial charge in [0, 0.05) is 28.5 Å². The zero-order valence-electron chi connectivity index (χ0n) is 9.83. The van der Waals surface area contributed by atoms with Crippen LogP contribution in [0.25, 0.3) is 5.76 Å². The van der Waals surface area contributed by atoms with Crippen molar-refractivity contribution in [2.45, 2.75) is 20.3 Å². The van der Waals surface area contributed by atoms with Crippen molar-refractivity contribution < 1.29 is 4.74 Å². The molecule has 0 bridgehead atoms. The van der Waals surface area contributed by atoms with E-state index in [0.29, 0.717) is 4.81 Å². The molecule has 0 unspecified atom stereocenters. The SMILES string of the molecule is CC/C=C(/OC(Br)=NC)c1ccccc1C. The van der Waals surface area contributed by atoms with E-state index >= 15 is 0 Å². The molecule has 0 aliphatic heterocycles. The summed E-state index contributed by atoms with van der Waals surface area (Å²) >= 11 is 3.26. The van der Waals surface area contributed by atoms with Crippen LogP contribution in [0.15, 0.2) is 35.3 Å². The van der Waals surface area contributed by atoms with E-state index in [1.807, 2.05) is 18.2 Å². The fourth-order valence-corrected chi connectivity index (χ4v) is 1.55. The topological polar surface area (TPSA) is 21.6 Å². The second-order valence-electron chi connectivity index (χ2n) is 3.37. The van der Waals surface area contributed by atoms with E-state index in [-0.39, 0.29) is 0 Å². The first-order valence-electron chi connectivity index (χ1n) is 5.25. The molecule has 0 N–H and O–H groups in total. The number of ether oxygens (including phenoxy) is 1. The van der Waals surface area contributed by atoms with Crippen LogP contribution in [0.4, 0.5) is 0 Å². The maximum Gasteiger partial charge on any atom is 0.259 e. The fourth-order valence-electron chi connectivity index (χ4n) is 1.38. The largest absolute Gasteiger partial charge is 0.433 e. The van der Waals surface area contributed by atoms with E-state index < -0.39 is 0 Å². The molecule has 0 saturated carbocycles. The quantitative estimate of drug-likeness (QED) is 0.464. The highest BCUT2D eigenvalue weighted by molar-refractivity contribution is 9.18. The van der Waals surface area contributed by atoms with Gasteiger partial charge in [-0.05, 0) is 25.0 Å². The number of nitrogens with zero attached hydrogens (tertiary/aromatic N) is 1. The standard InChI is InChI=1S/C13H16BrNO/c1-4-7-12(16-13(14)15-3)11-9-6-5-8-10(11)2/h5-9H,4H2,1-3H3/b12-7+,15-13?. The van der Waals surface area contributed by atoms with Crippen molar-refractivity contribution in [2.75, 3.05) is 7.05 Å². The summed E-state index contributed by atoms with van der Waals surface area (Å²) in [6, 6.07) is 8.14. The molecule has 0 heterocycles. The Balaban J connectivity index is 3.04. The lowest BCUT2D eigenvalue weighted by Gasteiger charge is -2.10. The molecule has 1 aromatic carbocycles. The van der Waals surface area contributed by atoms with E-state index in [9.17, 15) is 0 Å². The summed E-state index contributed by atoms with van der Waals surface area (Å²) in [5, 5.41) is 0. The summed E-state index contributed by atoms with van der Waals surface area (Å²) in [6.07, 6.45) is 2.97. The highest BCUT2D eigenvalue weighted by atomic mass is 79.9. The van der Waals surface area contributed by atoms with Gasteiger partial charge in [-0.3, -0.25) is 0 Å². The normalized spacial score (nSPS) is 12.8. The molecule has 0 aliphatic carbocycles. The first-order valence-corrected chi connectivity index (χ1v) is 6.04. The number of rotatable bonds is 3. The monoisotopic (exact) mass is 281 g/mol. The van der Waals surface area contributed by atoms with E-state index in [4.69, 9.17) is 4.74 Å². The summed E-state index contributed by atoms with van der Waals surface area (Å²) in [4.78, 5) is 4.43. The Hall–Kier alpha value is -1.09. The van der Waals surface area contributed by atoms with Gasteiger partial charge in [0.1, 0.15) is 5.76 Å². The maximum absolute atomic E-state index is 5.63. The van der Waals surface area contributed by atoms with Gasteiger partial charge in [0.25, 0.3) is 4.81 Å². The molecule has 0 aliphatic rings. The van der Waals surface area contributed by atoms with E-state index in [0.717, 1.165) is 17.7 Å². The summed E-state index contributed by atoms with van der Waals surface area (Å²) < 4.78 is 5.63. The molecule has 86 valence electrons. The molecular formula is C13H16BrNO. The number of hydrogen-bond acceptors (Lipinski definition) is 2. The summed E-state index contributed by atoms with van der Waals surface area (Å²) in [6.45, 7) is 4.15. The number of aliphatic imine (C=N–C) groups is 1. The Morgan fingerprint density at radius 3 is 2.69 bits per heavy atom. The third-order valence-electron chi connectivity index (χ3n) is 2.17. The Labute approximate surface area is 105 Å². The zero-order chi connectivity index (χ0) is 12.0. The van der Waals surface area contributed by atoms with E-state index in [2.05, 4.69) is 46.9 Å². The van der Waals surface area contributed by atoms with Crippen LogP contribution in [0.1, 0.15) is 24.5 Å². The number of benzene rings is 1. The molecule has 16 heavy (non-hydrogen) atoms. The van der Waals surface area contributed by atoms with Gasteiger partial charge in [-0.2, -0.15) is 0 Å². The second kappa shape index (κ2) is 6.48. The average molecular weight is 282 g/mol. The Bertz CT molecular complexity index is 410. The number of hydrogen-bond donors (Lipinski definition) is 0. The first kappa shape index (κ1) is 13.0. The lowest BCUT2D eigenvalue weighted by atomic mass is 10.1. The molecule has 3 heteroatoms. The zero-order valence-corrected chi connectivity index (χ0v) is 11.4. The van der Waals surface area contributed by atoms with Crippen molar-refractivity contribution in [2.24, 2.45) is 4.99 Å². The van der Waals surface area contributed by atoms with E-state index in [1.165, 1.54) is 5.56 Å². The first-order chi connectivity index (χ1) is 7.69. The molecule has 1 aromatic rings. The van der Waals surface area contributed by atoms with Crippen LogP contribution in [0.3, 0.4) is 0 Å². The molecule has 0 fully saturated rings. The number of aryl methyl sites for hydroxylation is 1. The van der Waals surface area contributed by atoms with Gasteiger partial charge in [-0.15, -0.1) is 0 Å². The van der Waals surface area contributed by atoms with Crippen molar-refractivity contribution in [3.8, 4) is 0 Å². The number of halogens is 1. The minimum absolute atomic E-state index is 0.496. The van der Waals surface area contributed by atoms with Crippen LogP contribution in [0.2, 0.25) is 0 Å². The minimum Gasteiger partial charge on any atom is -0.433 e. The van der Waals surface area contributed by atoms with Gasteiger partial charge in [0.15, 0.2) is 0 Å². The fraction of sp³-hybridized carbons (Fsp3) is 0.308. The van der Waals surface area contributed by atoms with Gasteiger partial charge >= 0.3 is 0 Å². The summed E-state index contributed by atoms with van der Waals surface area (Å²) in [5.74, 6) is 0.845. The van der Waals surface area contributed by atoms with Gasteiger partial charge in [0.05, 0.1) is 0 Å². The van der Waals surface area contributed by atoms with Crippen LogP contribution < -0.4 is 0 Å².